The first-order valence-corrected chi connectivity index (χ1v) is 7.43. The highest BCUT2D eigenvalue weighted by Gasteiger charge is 2.10. The van der Waals surface area contributed by atoms with Gasteiger partial charge in [0.15, 0.2) is 5.78 Å². The number of carbonyl (C=O) groups is 1. The molecule has 0 aliphatic heterocycles. The van der Waals surface area contributed by atoms with Crippen molar-refractivity contribution in [1.82, 2.24) is 0 Å². The minimum absolute atomic E-state index is 0.151. The molecule has 0 fully saturated rings. The number of hydrogen-bond donors (Lipinski definition) is 0. The van der Waals surface area contributed by atoms with E-state index >= 15 is 0 Å². The van der Waals surface area contributed by atoms with E-state index in [4.69, 9.17) is 11.6 Å². The molecule has 1 aromatic carbocycles. The van der Waals surface area contributed by atoms with E-state index in [9.17, 15) is 4.79 Å². The first-order chi connectivity index (χ1) is 7.22. The molecule has 15 heavy (non-hydrogen) atoms. The van der Waals surface area contributed by atoms with Gasteiger partial charge in [0, 0.05) is 28.1 Å². The van der Waals surface area contributed by atoms with E-state index in [0.29, 0.717) is 17.6 Å². The van der Waals surface area contributed by atoms with Crippen LogP contribution < -0.4 is 0 Å². The lowest BCUT2D eigenvalue weighted by molar-refractivity contribution is 0.0989. The van der Waals surface area contributed by atoms with Crippen LogP contribution in [0.1, 0.15) is 22.3 Å². The highest BCUT2D eigenvalue weighted by atomic mass is 79.9. The van der Waals surface area contributed by atoms with Gasteiger partial charge in [-0.15, -0.1) is 23.4 Å². The van der Waals surface area contributed by atoms with Crippen LogP contribution in [0.3, 0.4) is 0 Å². The van der Waals surface area contributed by atoms with Gasteiger partial charge in [0.25, 0.3) is 0 Å². The molecule has 4 heteroatoms. The van der Waals surface area contributed by atoms with Gasteiger partial charge >= 0.3 is 0 Å². The van der Waals surface area contributed by atoms with Gasteiger partial charge in [-0.05, 0) is 24.0 Å². The third-order valence-electron chi connectivity index (χ3n) is 2.08. The Labute approximate surface area is 108 Å². The van der Waals surface area contributed by atoms with Crippen molar-refractivity contribution in [3.63, 3.8) is 0 Å². The van der Waals surface area contributed by atoms with Crippen molar-refractivity contribution >= 4 is 45.1 Å². The standard InChI is InChI=1S/C11H12BrClOS/c1-15-9-3-2-8(7-13)10(6-9)11(14)4-5-12/h2-3,6H,4-5,7H2,1H3. The summed E-state index contributed by atoms with van der Waals surface area (Å²) in [4.78, 5) is 12.9. The monoisotopic (exact) mass is 306 g/mol. The number of alkyl halides is 2. The second kappa shape index (κ2) is 6.56. The van der Waals surface area contributed by atoms with Gasteiger partial charge in [-0.25, -0.2) is 0 Å². The minimum Gasteiger partial charge on any atom is -0.294 e. The van der Waals surface area contributed by atoms with Crippen molar-refractivity contribution in [1.29, 1.82) is 0 Å². The maximum atomic E-state index is 11.8. The molecular formula is C11H12BrClOS. The van der Waals surface area contributed by atoms with E-state index in [0.717, 1.165) is 16.0 Å². The van der Waals surface area contributed by atoms with Crippen molar-refractivity contribution in [2.45, 2.75) is 17.2 Å². The second-order valence-corrected chi connectivity index (χ2v) is 4.96. The predicted octanol–water partition coefficient (Wildman–Crippen LogP) is 4.12. The molecule has 0 aromatic heterocycles. The lowest BCUT2D eigenvalue weighted by Crippen LogP contribution is -2.03. The topological polar surface area (TPSA) is 17.1 Å². The maximum absolute atomic E-state index is 11.8. The van der Waals surface area contributed by atoms with Gasteiger partial charge in [0.2, 0.25) is 0 Å². The molecule has 1 aromatic rings. The molecule has 1 nitrogen and oxygen atoms in total. The van der Waals surface area contributed by atoms with Gasteiger partial charge < -0.3 is 0 Å². The third kappa shape index (κ3) is 3.51. The number of hydrogen-bond acceptors (Lipinski definition) is 2. The first kappa shape index (κ1) is 13.1. The molecule has 0 amide bonds. The van der Waals surface area contributed by atoms with Crippen LogP contribution >= 0.6 is 39.3 Å². The van der Waals surface area contributed by atoms with Gasteiger partial charge in [-0.2, -0.15) is 0 Å². The molecule has 0 saturated heterocycles. The van der Waals surface area contributed by atoms with Crippen LogP contribution in [0.4, 0.5) is 0 Å². The van der Waals surface area contributed by atoms with Gasteiger partial charge in [-0.3, -0.25) is 4.79 Å². The first-order valence-electron chi connectivity index (χ1n) is 4.55. The Balaban J connectivity index is 3.05. The number of carbonyl (C=O) groups excluding carboxylic acids is 1. The normalized spacial score (nSPS) is 10.3. The molecule has 0 N–H and O–H groups in total. The summed E-state index contributed by atoms with van der Waals surface area (Å²) in [7, 11) is 0. The van der Waals surface area contributed by atoms with Crippen molar-refractivity contribution in [3.8, 4) is 0 Å². The van der Waals surface area contributed by atoms with Crippen molar-refractivity contribution in [2.24, 2.45) is 0 Å². The van der Waals surface area contributed by atoms with E-state index in [2.05, 4.69) is 15.9 Å². The molecule has 0 heterocycles. The third-order valence-corrected chi connectivity index (χ3v) is 3.49. The molecule has 0 bridgehead atoms. The molecule has 0 spiro atoms. The van der Waals surface area contributed by atoms with Crippen LogP contribution in [0.2, 0.25) is 0 Å². The number of benzene rings is 1. The highest BCUT2D eigenvalue weighted by Crippen LogP contribution is 2.22. The average molecular weight is 308 g/mol. The molecular weight excluding hydrogens is 296 g/mol. The Morgan fingerprint density at radius 3 is 2.80 bits per heavy atom. The van der Waals surface area contributed by atoms with Gasteiger partial charge in [0.05, 0.1) is 0 Å². The van der Waals surface area contributed by atoms with E-state index < -0.39 is 0 Å². The Hall–Kier alpha value is 0.01000. The fourth-order valence-electron chi connectivity index (χ4n) is 1.28. The van der Waals surface area contributed by atoms with Crippen LogP contribution in [0.5, 0.6) is 0 Å². The van der Waals surface area contributed by atoms with Crippen LogP contribution in [0.15, 0.2) is 23.1 Å². The average Bonchev–Trinajstić information content (AvgIpc) is 2.28. The summed E-state index contributed by atoms with van der Waals surface area (Å²) in [5, 5.41) is 0.692. The zero-order chi connectivity index (χ0) is 11.3. The fourth-order valence-corrected chi connectivity index (χ4v) is 2.31. The zero-order valence-electron chi connectivity index (χ0n) is 8.43. The number of ketones is 1. The lowest BCUT2D eigenvalue weighted by Gasteiger charge is -2.07. The number of Topliss-reactive ketones (excluding diaryl/α,β-unsaturated/α-hetero) is 1. The fraction of sp³-hybridized carbons (Fsp3) is 0.364. The van der Waals surface area contributed by atoms with Gasteiger partial charge in [-0.1, -0.05) is 22.0 Å². The molecule has 0 unspecified atom stereocenters. The summed E-state index contributed by atoms with van der Waals surface area (Å²) in [6.07, 6.45) is 2.51. The van der Waals surface area contributed by atoms with E-state index in [1.165, 1.54) is 0 Å². The van der Waals surface area contributed by atoms with Crippen LogP contribution in [-0.2, 0) is 5.88 Å². The summed E-state index contributed by atoms with van der Waals surface area (Å²) in [6.45, 7) is 0. The van der Waals surface area contributed by atoms with Gasteiger partial charge in [0.1, 0.15) is 0 Å². The van der Waals surface area contributed by atoms with Crippen molar-refractivity contribution in [3.05, 3.63) is 29.3 Å². The molecule has 1 rings (SSSR count). The summed E-state index contributed by atoms with van der Waals surface area (Å²) in [6, 6.07) is 5.85. The largest absolute Gasteiger partial charge is 0.294 e. The molecule has 0 aliphatic rings. The van der Waals surface area contributed by atoms with Crippen molar-refractivity contribution < 1.29 is 4.79 Å². The van der Waals surface area contributed by atoms with E-state index in [-0.39, 0.29) is 5.78 Å². The molecule has 82 valence electrons. The quantitative estimate of drug-likeness (QED) is 0.462. The number of rotatable bonds is 5. The molecule has 0 saturated carbocycles. The predicted molar refractivity (Wildman–Crippen MR) is 70.5 cm³/mol. The Kier molecular flexibility index (Phi) is 5.72. The SMILES string of the molecule is CSc1ccc(CCl)c(C(=O)CCBr)c1. The van der Waals surface area contributed by atoms with Crippen LogP contribution in [-0.4, -0.2) is 17.4 Å². The summed E-state index contributed by atoms with van der Waals surface area (Å²) in [5.41, 5.74) is 1.68. The smallest absolute Gasteiger partial charge is 0.164 e. The molecule has 0 atom stereocenters. The molecule has 0 radical (unpaired) electrons. The highest BCUT2D eigenvalue weighted by molar-refractivity contribution is 9.09. The number of halogens is 2. The minimum atomic E-state index is 0.151. The van der Waals surface area contributed by atoms with Crippen LogP contribution in [0.25, 0.3) is 0 Å². The van der Waals surface area contributed by atoms with Crippen LogP contribution in [0, 0.1) is 0 Å². The second-order valence-electron chi connectivity index (χ2n) is 3.02. The Bertz CT molecular complexity index is 354. The van der Waals surface area contributed by atoms with E-state index in [1.54, 1.807) is 11.8 Å². The lowest BCUT2D eigenvalue weighted by atomic mass is 10.0. The zero-order valence-corrected chi connectivity index (χ0v) is 11.6. The number of thioether (sulfide) groups is 1. The maximum Gasteiger partial charge on any atom is 0.164 e. The summed E-state index contributed by atoms with van der Waals surface area (Å²) in [5.74, 6) is 0.538. The Morgan fingerprint density at radius 1 is 1.53 bits per heavy atom. The summed E-state index contributed by atoms with van der Waals surface area (Å²) >= 11 is 10.7. The molecule has 0 aliphatic carbocycles. The Morgan fingerprint density at radius 2 is 2.27 bits per heavy atom. The summed E-state index contributed by atoms with van der Waals surface area (Å²) < 4.78 is 0. The van der Waals surface area contributed by atoms with Crippen molar-refractivity contribution in [2.75, 3.05) is 11.6 Å². The van der Waals surface area contributed by atoms with E-state index in [1.807, 2.05) is 24.5 Å².